The van der Waals surface area contributed by atoms with Crippen molar-refractivity contribution in [2.75, 3.05) is 11.9 Å². The Morgan fingerprint density at radius 3 is 2.64 bits per heavy atom. The van der Waals surface area contributed by atoms with Crippen molar-refractivity contribution in [3.63, 3.8) is 0 Å². The lowest BCUT2D eigenvalue weighted by Crippen LogP contribution is -2.27. The van der Waals surface area contributed by atoms with Crippen molar-refractivity contribution in [3.05, 3.63) is 16.5 Å². The van der Waals surface area contributed by atoms with E-state index >= 15 is 0 Å². The lowest BCUT2D eigenvalue weighted by molar-refractivity contribution is -0.124. The molecule has 1 fully saturated rings. The summed E-state index contributed by atoms with van der Waals surface area (Å²) in [6.07, 6.45) is 0.998. The number of rotatable bonds is 5. The number of carbonyl (C=O) groups is 2. The fourth-order valence-electron chi connectivity index (χ4n) is 2.19. The first kappa shape index (κ1) is 17.0. The van der Waals surface area contributed by atoms with Gasteiger partial charge in [0.2, 0.25) is 0 Å². The van der Waals surface area contributed by atoms with E-state index in [1.807, 2.05) is 6.07 Å². The van der Waals surface area contributed by atoms with E-state index in [1.165, 1.54) is 11.3 Å². The number of nitrogens with one attached hydrogen (secondary N) is 1. The standard InChI is InChI=1S/C16H23NO4S/c1-9(2)13-8-11(16(19)21-10(3)4)15(22-13)17-14(18)12-6-5-7-20-12/h8-10,12H,5-7H2,1-4H3,(H,17,18)/t12-/m0/s1. The van der Waals surface area contributed by atoms with Gasteiger partial charge in [-0.2, -0.15) is 0 Å². The van der Waals surface area contributed by atoms with E-state index in [2.05, 4.69) is 19.2 Å². The molecule has 22 heavy (non-hydrogen) atoms. The highest BCUT2D eigenvalue weighted by Crippen LogP contribution is 2.34. The van der Waals surface area contributed by atoms with Crippen LogP contribution in [0, 0.1) is 0 Å². The van der Waals surface area contributed by atoms with Gasteiger partial charge in [-0.25, -0.2) is 4.79 Å². The van der Waals surface area contributed by atoms with Crippen LogP contribution in [0.25, 0.3) is 0 Å². The molecule has 0 aromatic carbocycles. The second-order valence-corrected chi connectivity index (χ2v) is 7.08. The highest BCUT2D eigenvalue weighted by Gasteiger charge is 2.27. The molecule has 0 spiro atoms. The number of hydrogen-bond acceptors (Lipinski definition) is 5. The molecule has 0 bridgehead atoms. The Morgan fingerprint density at radius 1 is 1.36 bits per heavy atom. The molecule has 1 saturated heterocycles. The largest absolute Gasteiger partial charge is 0.459 e. The molecule has 1 aromatic heterocycles. The minimum absolute atomic E-state index is 0.187. The molecule has 1 atom stereocenters. The third-order valence-corrected chi connectivity index (χ3v) is 4.69. The summed E-state index contributed by atoms with van der Waals surface area (Å²) < 4.78 is 10.6. The third kappa shape index (κ3) is 4.08. The third-order valence-electron chi connectivity index (χ3n) is 3.34. The molecule has 0 saturated carbocycles. The van der Waals surface area contributed by atoms with Gasteiger partial charge >= 0.3 is 5.97 Å². The Kier molecular flexibility index (Phi) is 5.58. The van der Waals surface area contributed by atoms with Gasteiger partial charge in [-0.15, -0.1) is 11.3 Å². The Bertz CT molecular complexity index is 544. The normalized spacial score (nSPS) is 18.0. The number of carbonyl (C=O) groups excluding carboxylic acids is 2. The molecule has 0 aliphatic carbocycles. The molecule has 5 nitrogen and oxygen atoms in total. The lowest BCUT2D eigenvalue weighted by atomic mass is 10.1. The number of hydrogen-bond donors (Lipinski definition) is 1. The first-order valence-electron chi connectivity index (χ1n) is 7.65. The molecule has 1 aromatic rings. The predicted octanol–water partition coefficient (Wildman–Crippen LogP) is 3.55. The van der Waals surface area contributed by atoms with Gasteiger partial charge in [-0.1, -0.05) is 13.8 Å². The van der Waals surface area contributed by atoms with E-state index < -0.39 is 12.1 Å². The van der Waals surface area contributed by atoms with Gasteiger partial charge in [0.1, 0.15) is 11.1 Å². The van der Waals surface area contributed by atoms with Gasteiger partial charge < -0.3 is 14.8 Å². The maximum atomic E-state index is 12.2. The predicted molar refractivity (Wildman–Crippen MR) is 86.6 cm³/mol. The van der Waals surface area contributed by atoms with Crippen LogP contribution < -0.4 is 5.32 Å². The van der Waals surface area contributed by atoms with Gasteiger partial charge in [0.15, 0.2) is 0 Å². The summed E-state index contributed by atoms with van der Waals surface area (Å²) in [6, 6.07) is 1.81. The zero-order chi connectivity index (χ0) is 16.3. The van der Waals surface area contributed by atoms with E-state index in [0.29, 0.717) is 17.2 Å². The maximum absolute atomic E-state index is 12.2. The van der Waals surface area contributed by atoms with Crippen molar-refractivity contribution in [1.82, 2.24) is 0 Å². The van der Waals surface area contributed by atoms with Crippen LogP contribution in [0.4, 0.5) is 5.00 Å². The second kappa shape index (κ2) is 7.24. The molecule has 0 unspecified atom stereocenters. The van der Waals surface area contributed by atoms with E-state index in [1.54, 1.807) is 13.8 Å². The van der Waals surface area contributed by atoms with Crippen molar-refractivity contribution in [1.29, 1.82) is 0 Å². The first-order chi connectivity index (χ1) is 10.4. The fraction of sp³-hybridized carbons (Fsp3) is 0.625. The monoisotopic (exact) mass is 325 g/mol. The average molecular weight is 325 g/mol. The number of anilines is 1. The molecule has 122 valence electrons. The quantitative estimate of drug-likeness (QED) is 0.841. The van der Waals surface area contributed by atoms with Gasteiger partial charge in [0.05, 0.1) is 11.7 Å². The molecular weight excluding hydrogens is 302 g/mol. The summed E-state index contributed by atoms with van der Waals surface area (Å²) in [6.45, 7) is 8.32. The minimum Gasteiger partial charge on any atom is -0.459 e. The van der Waals surface area contributed by atoms with Crippen molar-refractivity contribution in [3.8, 4) is 0 Å². The van der Waals surface area contributed by atoms with Crippen molar-refractivity contribution >= 4 is 28.2 Å². The Labute approximate surface area is 135 Å². The summed E-state index contributed by atoms with van der Waals surface area (Å²) in [7, 11) is 0. The van der Waals surface area contributed by atoms with Gasteiger partial charge in [-0.3, -0.25) is 4.79 Å². The average Bonchev–Trinajstić information content (AvgIpc) is 3.06. The zero-order valence-corrected chi connectivity index (χ0v) is 14.3. The summed E-state index contributed by atoms with van der Waals surface area (Å²) >= 11 is 1.42. The van der Waals surface area contributed by atoms with Crippen LogP contribution in [0.5, 0.6) is 0 Å². The minimum atomic E-state index is -0.418. The van der Waals surface area contributed by atoms with E-state index in [9.17, 15) is 9.59 Å². The van der Waals surface area contributed by atoms with E-state index in [-0.39, 0.29) is 17.9 Å². The van der Waals surface area contributed by atoms with Crippen molar-refractivity contribution in [2.45, 2.75) is 58.7 Å². The topological polar surface area (TPSA) is 64.6 Å². The molecule has 2 rings (SSSR count). The number of esters is 1. The van der Waals surface area contributed by atoms with E-state index in [4.69, 9.17) is 9.47 Å². The highest BCUT2D eigenvalue weighted by molar-refractivity contribution is 7.16. The first-order valence-corrected chi connectivity index (χ1v) is 8.47. The summed E-state index contributed by atoms with van der Waals surface area (Å²) in [4.78, 5) is 25.5. The Balaban J connectivity index is 2.20. The molecular formula is C16H23NO4S. The van der Waals surface area contributed by atoms with E-state index in [0.717, 1.165) is 17.7 Å². The molecule has 0 radical (unpaired) electrons. The molecule has 1 aliphatic heterocycles. The van der Waals surface area contributed by atoms with Crippen molar-refractivity contribution in [2.24, 2.45) is 0 Å². The molecule has 6 heteroatoms. The van der Waals surface area contributed by atoms with Crippen LogP contribution in [0.2, 0.25) is 0 Å². The highest BCUT2D eigenvalue weighted by atomic mass is 32.1. The smallest absolute Gasteiger partial charge is 0.341 e. The molecule has 2 heterocycles. The molecule has 1 N–H and O–H groups in total. The number of ether oxygens (including phenoxy) is 2. The van der Waals surface area contributed by atoms with Crippen LogP contribution in [0.1, 0.15) is 61.7 Å². The van der Waals surface area contributed by atoms with Crippen LogP contribution in [-0.2, 0) is 14.3 Å². The lowest BCUT2D eigenvalue weighted by Gasteiger charge is -2.11. The van der Waals surface area contributed by atoms with Gasteiger partial charge in [0.25, 0.3) is 5.91 Å². The van der Waals surface area contributed by atoms with Crippen LogP contribution in [0.3, 0.4) is 0 Å². The van der Waals surface area contributed by atoms with Gasteiger partial charge in [-0.05, 0) is 38.7 Å². The maximum Gasteiger partial charge on any atom is 0.341 e. The number of amides is 1. The van der Waals surface area contributed by atoms with Crippen LogP contribution >= 0.6 is 11.3 Å². The Hall–Kier alpha value is -1.40. The Morgan fingerprint density at radius 2 is 2.09 bits per heavy atom. The van der Waals surface area contributed by atoms with Gasteiger partial charge in [0, 0.05) is 11.5 Å². The summed E-state index contributed by atoms with van der Waals surface area (Å²) in [5.74, 6) is -0.307. The fourth-order valence-corrected chi connectivity index (χ4v) is 3.25. The van der Waals surface area contributed by atoms with Crippen LogP contribution in [0.15, 0.2) is 6.07 Å². The summed E-state index contributed by atoms with van der Waals surface area (Å²) in [5.41, 5.74) is 0.425. The van der Waals surface area contributed by atoms with Crippen LogP contribution in [-0.4, -0.2) is 30.7 Å². The molecule has 1 amide bonds. The SMILES string of the molecule is CC(C)OC(=O)c1cc(C(C)C)sc1NC(=O)[C@@H]1CCCO1. The van der Waals surface area contributed by atoms with Crippen molar-refractivity contribution < 1.29 is 19.1 Å². The molecule has 1 aliphatic rings. The summed E-state index contributed by atoms with van der Waals surface area (Å²) in [5, 5.41) is 3.39. The number of thiophene rings is 1. The zero-order valence-electron chi connectivity index (χ0n) is 13.5. The second-order valence-electron chi connectivity index (χ2n) is 5.99.